The van der Waals surface area contributed by atoms with Gasteiger partial charge in [-0.05, 0) is 34.2 Å². The number of carbonyl (C=O) groups excluding carboxylic acids is 2. The van der Waals surface area contributed by atoms with Crippen LogP contribution in [0.3, 0.4) is 0 Å². The Morgan fingerprint density at radius 2 is 1.89 bits per heavy atom. The minimum Gasteiger partial charge on any atom is -0.468 e. The maximum atomic E-state index is 12.1. The van der Waals surface area contributed by atoms with Gasteiger partial charge in [-0.1, -0.05) is 42.5 Å². The van der Waals surface area contributed by atoms with Crippen molar-refractivity contribution in [1.29, 1.82) is 0 Å². The molecule has 0 aliphatic heterocycles. The molecule has 0 radical (unpaired) electrons. The highest BCUT2D eigenvalue weighted by Gasteiger charge is 2.22. The molecule has 0 saturated carbocycles. The minimum atomic E-state index is -0.839. The third-order valence-electron chi connectivity index (χ3n) is 4.48. The van der Waals surface area contributed by atoms with Crippen molar-refractivity contribution < 1.29 is 19.1 Å². The van der Waals surface area contributed by atoms with E-state index in [1.807, 2.05) is 24.3 Å². The van der Waals surface area contributed by atoms with Gasteiger partial charge < -0.3 is 20.5 Å². The van der Waals surface area contributed by atoms with Gasteiger partial charge in [0.25, 0.3) is 0 Å². The summed E-state index contributed by atoms with van der Waals surface area (Å²) in [4.78, 5) is 23.1. The van der Waals surface area contributed by atoms with Crippen molar-refractivity contribution in [3.63, 3.8) is 0 Å². The molecule has 1 aliphatic rings. The molecule has 0 aromatic heterocycles. The summed E-state index contributed by atoms with van der Waals surface area (Å²) in [5.74, 6) is -0.916. The number of nitrogens with two attached hydrogens (primary N) is 1. The van der Waals surface area contributed by atoms with Gasteiger partial charge in [-0.2, -0.15) is 0 Å². The number of hydrogen-bond donors (Lipinski definition) is 2. The molecular weight excluding hydrogens is 368 g/mol. The molecule has 0 amide bonds. The molecule has 3 rings (SSSR count). The highest BCUT2D eigenvalue weighted by atomic mass is 35.5. The summed E-state index contributed by atoms with van der Waals surface area (Å²) in [6, 6.07) is 13.5. The van der Waals surface area contributed by atoms with E-state index in [1.54, 1.807) is 0 Å². The van der Waals surface area contributed by atoms with Gasteiger partial charge in [-0.15, -0.1) is 12.4 Å². The number of rotatable bonds is 7. The van der Waals surface area contributed by atoms with Gasteiger partial charge in [0.15, 0.2) is 0 Å². The van der Waals surface area contributed by atoms with Crippen LogP contribution in [-0.2, 0) is 32.1 Å². The summed E-state index contributed by atoms with van der Waals surface area (Å²) in [7, 11) is 1.30. The third kappa shape index (κ3) is 4.86. The van der Waals surface area contributed by atoms with Gasteiger partial charge in [0.2, 0.25) is 0 Å². The van der Waals surface area contributed by atoms with Crippen molar-refractivity contribution in [1.82, 2.24) is 5.32 Å². The Bertz CT molecular complexity index is 825. The van der Waals surface area contributed by atoms with E-state index in [4.69, 9.17) is 10.5 Å². The number of halogens is 1. The second kappa shape index (κ2) is 9.50. The number of methoxy groups -OCH3 is 1. The van der Waals surface area contributed by atoms with Crippen molar-refractivity contribution in [2.45, 2.75) is 19.1 Å². The lowest BCUT2D eigenvalue weighted by Crippen LogP contribution is -2.43. The molecule has 2 aromatic carbocycles. The molecule has 2 aromatic rings. The molecule has 27 heavy (non-hydrogen) atoms. The molecule has 0 spiro atoms. The zero-order chi connectivity index (χ0) is 18.5. The van der Waals surface area contributed by atoms with Crippen LogP contribution in [0.4, 0.5) is 0 Å². The Morgan fingerprint density at radius 1 is 1.15 bits per heavy atom. The van der Waals surface area contributed by atoms with E-state index in [2.05, 4.69) is 28.3 Å². The lowest BCUT2D eigenvalue weighted by atomic mass is 10.0. The maximum Gasteiger partial charge on any atom is 0.324 e. The number of ether oxygens (including phenoxy) is 2. The van der Waals surface area contributed by atoms with Crippen LogP contribution >= 0.6 is 12.4 Å². The summed E-state index contributed by atoms with van der Waals surface area (Å²) in [6.45, 7) is 0.328. The monoisotopic (exact) mass is 390 g/mol. The molecule has 1 unspecified atom stereocenters. The van der Waals surface area contributed by atoms with Gasteiger partial charge in [0.05, 0.1) is 13.7 Å². The maximum absolute atomic E-state index is 12.1. The lowest BCUT2D eigenvalue weighted by Gasteiger charge is -2.14. The molecule has 6 nitrogen and oxygen atoms in total. The average molecular weight is 391 g/mol. The number of fused-ring (bicyclic) bond motifs is 3. The van der Waals surface area contributed by atoms with Crippen molar-refractivity contribution in [3.05, 3.63) is 59.2 Å². The van der Waals surface area contributed by atoms with Gasteiger partial charge in [-0.25, -0.2) is 0 Å². The SMILES string of the molecule is COC(=O)CNCC(N)C(=O)OCc1cccc2c1Cc1ccccc1-2.Cl. The van der Waals surface area contributed by atoms with Crippen molar-refractivity contribution >= 4 is 24.3 Å². The molecule has 0 heterocycles. The molecule has 0 saturated heterocycles. The number of nitrogens with one attached hydrogen (secondary N) is 1. The van der Waals surface area contributed by atoms with Crippen LogP contribution in [0.15, 0.2) is 42.5 Å². The molecule has 7 heteroatoms. The standard InChI is InChI=1S/C20H22N2O4.ClH/c1-25-19(23)11-22-10-18(21)20(24)26-12-14-6-4-8-16-15-7-3-2-5-13(15)9-17(14)16;/h2-8,18,22H,9-12,21H2,1H3;1H. The second-order valence-corrected chi connectivity index (χ2v) is 6.20. The first-order chi connectivity index (χ1) is 12.6. The Hall–Kier alpha value is -2.41. The Kier molecular flexibility index (Phi) is 7.36. The first-order valence-corrected chi connectivity index (χ1v) is 8.49. The van der Waals surface area contributed by atoms with E-state index in [1.165, 1.54) is 29.4 Å². The first kappa shape index (κ1) is 20.9. The van der Waals surface area contributed by atoms with Gasteiger partial charge in [0, 0.05) is 6.54 Å². The Labute approximate surface area is 164 Å². The second-order valence-electron chi connectivity index (χ2n) is 6.20. The van der Waals surface area contributed by atoms with Crippen LogP contribution in [0.2, 0.25) is 0 Å². The van der Waals surface area contributed by atoms with E-state index in [0.717, 1.165) is 12.0 Å². The largest absolute Gasteiger partial charge is 0.468 e. The highest BCUT2D eigenvalue weighted by Crippen LogP contribution is 2.38. The van der Waals surface area contributed by atoms with Crippen LogP contribution in [0.1, 0.15) is 16.7 Å². The summed E-state index contributed by atoms with van der Waals surface area (Å²) >= 11 is 0. The quantitative estimate of drug-likeness (QED) is 0.598. The zero-order valence-electron chi connectivity index (χ0n) is 15.1. The van der Waals surface area contributed by atoms with Gasteiger partial charge >= 0.3 is 11.9 Å². The summed E-state index contributed by atoms with van der Waals surface area (Å²) in [5, 5.41) is 2.77. The zero-order valence-corrected chi connectivity index (χ0v) is 15.9. The molecule has 144 valence electrons. The van der Waals surface area contributed by atoms with Crippen LogP contribution < -0.4 is 11.1 Å². The summed E-state index contributed by atoms with van der Waals surface area (Å²) in [5.41, 5.74) is 11.7. The lowest BCUT2D eigenvalue weighted by molar-refractivity contribution is -0.147. The van der Waals surface area contributed by atoms with E-state index >= 15 is 0 Å². The number of carbonyl (C=O) groups is 2. The fraction of sp³-hybridized carbons (Fsp3) is 0.300. The molecular formula is C20H23ClN2O4. The normalized spacial score (nSPS) is 12.4. The number of benzene rings is 2. The van der Waals surface area contributed by atoms with E-state index in [9.17, 15) is 9.59 Å². The third-order valence-corrected chi connectivity index (χ3v) is 4.48. The van der Waals surface area contributed by atoms with E-state index < -0.39 is 18.0 Å². The highest BCUT2D eigenvalue weighted by molar-refractivity contribution is 5.85. The molecule has 1 aliphatic carbocycles. The number of esters is 2. The Balaban J connectivity index is 0.00000261. The first-order valence-electron chi connectivity index (χ1n) is 8.49. The average Bonchev–Trinajstić information content (AvgIpc) is 3.05. The van der Waals surface area contributed by atoms with Crippen molar-refractivity contribution in [2.24, 2.45) is 5.73 Å². The van der Waals surface area contributed by atoms with Gasteiger partial charge in [0.1, 0.15) is 12.6 Å². The predicted molar refractivity (Wildman–Crippen MR) is 105 cm³/mol. The van der Waals surface area contributed by atoms with Crippen LogP contribution in [0.25, 0.3) is 11.1 Å². The molecule has 0 bridgehead atoms. The van der Waals surface area contributed by atoms with E-state index in [-0.39, 0.29) is 32.1 Å². The number of hydrogen-bond acceptors (Lipinski definition) is 6. The molecule has 1 atom stereocenters. The summed E-state index contributed by atoms with van der Waals surface area (Å²) in [6.07, 6.45) is 0.839. The van der Waals surface area contributed by atoms with Gasteiger partial charge in [-0.3, -0.25) is 9.59 Å². The van der Waals surface area contributed by atoms with E-state index in [0.29, 0.717) is 0 Å². The fourth-order valence-electron chi connectivity index (χ4n) is 3.10. The van der Waals surface area contributed by atoms with Crippen LogP contribution in [-0.4, -0.2) is 38.2 Å². The fourth-order valence-corrected chi connectivity index (χ4v) is 3.10. The van der Waals surface area contributed by atoms with Crippen molar-refractivity contribution in [2.75, 3.05) is 20.2 Å². The molecule has 3 N–H and O–H groups in total. The predicted octanol–water partition coefficient (Wildman–Crippen LogP) is 1.81. The minimum absolute atomic E-state index is 0. The molecule has 0 fully saturated rings. The van der Waals surface area contributed by atoms with Crippen LogP contribution in [0, 0.1) is 0 Å². The Morgan fingerprint density at radius 3 is 2.67 bits per heavy atom. The smallest absolute Gasteiger partial charge is 0.324 e. The topological polar surface area (TPSA) is 90.6 Å². The van der Waals surface area contributed by atoms with Crippen LogP contribution in [0.5, 0.6) is 0 Å². The summed E-state index contributed by atoms with van der Waals surface area (Å²) < 4.78 is 9.89. The van der Waals surface area contributed by atoms with Crippen molar-refractivity contribution in [3.8, 4) is 11.1 Å².